The molecule has 6 aliphatic rings. The van der Waals surface area contributed by atoms with Gasteiger partial charge in [0.25, 0.3) is 11.8 Å². The highest BCUT2D eigenvalue weighted by molar-refractivity contribution is 6.31. The highest BCUT2D eigenvalue weighted by Gasteiger charge is 2.38. The summed E-state index contributed by atoms with van der Waals surface area (Å²) in [7, 11) is 4.41. The second-order valence-electron chi connectivity index (χ2n) is 20.4. The van der Waals surface area contributed by atoms with Gasteiger partial charge >= 0.3 is 0 Å². The number of aromatic nitrogens is 4. The topological polar surface area (TPSA) is 129 Å². The fourth-order valence-electron chi connectivity index (χ4n) is 11.6. The number of hydrogen-bond donors (Lipinski definition) is 2. The van der Waals surface area contributed by atoms with E-state index >= 15 is 0 Å². The number of ether oxygens (including phenoxy) is 2. The molecule has 0 spiro atoms. The van der Waals surface area contributed by atoms with Crippen LogP contribution in [0.15, 0.2) is 73.3 Å². The number of aromatic amines is 2. The number of amides is 2. The van der Waals surface area contributed by atoms with E-state index in [4.69, 9.17) is 32.7 Å². The van der Waals surface area contributed by atoms with Crippen LogP contribution in [0.5, 0.6) is 11.5 Å². The van der Waals surface area contributed by atoms with E-state index in [1.807, 2.05) is 70.7 Å². The summed E-state index contributed by atoms with van der Waals surface area (Å²) in [6, 6.07) is 15.7. The van der Waals surface area contributed by atoms with Gasteiger partial charge in [0.2, 0.25) is 0 Å². The average molecular weight is 988 g/mol. The summed E-state index contributed by atoms with van der Waals surface area (Å²) in [6.45, 7) is 13.9. The summed E-state index contributed by atoms with van der Waals surface area (Å²) >= 11 is 13.0. The van der Waals surface area contributed by atoms with Crippen LogP contribution in [0.2, 0.25) is 10.0 Å². The van der Waals surface area contributed by atoms with Gasteiger partial charge in [0.15, 0.2) is 12.2 Å². The van der Waals surface area contributed by atoms with Crippen molar-refractivity contribution in [1.82, 2.24) is 49.3 Å². The molecule has 0 unspecified atom stereocenters. The summed E-state index contributed by atoms with van der Waals surface area (Å²) in [5.74, 6) is 3.27. The third-order valence-corrected chi connectivity index (χ3v) is 16.2. The van der Waals surface area contributed by atoms with E-state index in [1.54, 1.807) is 12.4 Å². The summed E-state index contributed by atoms with van der Waals surface area (Å²) in [4.78, 5) is 55.9. The molecule has 4 saturated heterocycles. The molecule has 0 radical (unpaired) electrons. The quantitative estimate of drug-likeness (QED) is 0.160. The maximum absolute atomic E-state index is 13.4. The van der Waals surface area contributed by atoms with Gasteiger partial charge < -0.3 is 39.0 Å². The first-order valence-corrected chi connectivity index (χ1v) is 26.1. The van der Waals surface area contributed by atoms with Crippen LogP contribution in [0.3, 0.4) is 0 Å². The summed E-state index contributed by atoms with van der Waals surface area (Å²) in [5, 5.41) is 3.32. The number of pyridine rings is 2. The van der Waals surface area contributed by atoms with Crippen LogP contribution in [0.25, 0.3) is 44.3 Å². The lowest BCUT2D eigenvalue weighted by Gasteiger charge is -2.38. The van der Waals surface area contributed by atoms with E-state index < -0.39 is 12.2 Å². The van der Waals surface area contributed by atoms with E-state index in [9.17, 15) is 9.59 Å². The number of carbonyl (C=O) groups is 2. The fraction of sp³-hybridized carbons (Fsp3) is 0.481. The van der Waals surface area contributed by atoms with E-state index in [2.05, 4.69) is 53.6 Å². The highest BCUT2D eigenvalue weighted by Crippen LogP contribution is 2.45. The fourth-order valence-corrected chi connectivity index (χ4v) is 12.1. The van der Waals surface area contributed by atoms with Crippen molar-refractivity contribution in [3.8, 4) is 33.8 Å². The Kier molecular flexibility index (Phi) is 13.8. The van der Waals surface area contributed by atoms with Crippen molar-refractivity contribution in [3.05, 3.63) is 94.5 Å². The Morgan fingerprint density at radius 1 is 0.557 bits per heavy atom. The molecule has 2 aromatic carbocycles. The van der Waals surface area contributed by atoms with Crippen molar-refractivity contribution in [3.63, 3.8) is 0 Å². The molecule has 12 rings (SSSR count). The normalized spacial score (nSPS) is 21.9. The molecule has 14 nitrogen and oxygen atoms in total. The van der Waals surface area contributed by atoms with Gasteiger partial charge in [0.1, 0.15) is 22.8 Å². The van der Waals surface area contributed by atoms with Gasteiger partial charge in [-0.3, -0.25) is 19.4 Å². The van der Waals surface area contributed by atoms with Crippen LogP contribution in [0.1, 0.15) is 36.8 Å². The lowest BCUT2D eigenvalue weighted by Crippen LogP contribution is -2.53. The first kappa shape index (κ1) is 47.1. The Labute approximate surface area is 420 Å². The molecular formula is C54H64Cl2N10O4. The van der Waals surface area contributed by atoms with Crippen LogP contribution < -0.4 is 9.47 Å². The molecule has 2 N–H and O–H groups in total. The number of halogens is 2. The average Bonchev–Trinajstić information content (AvgIpc) is 4.22. The van der Waals surface area contributed by atoms with Crippen molar-refractivity contribution in [1.29, 1.82) is 0 Å². The predicted octanol–water partition coefficient (Wildman–Crippen LogP) is 7.35. The monoisotopic (exact) mass is 986 g/mol. The van der Waals surface area contributed by atoms with Crippen molar-refractivity contribution < 1.29 is 19.1 Å². The molecule has 6 aromatic rings. The minimum atomic E-state index is -0.494. The first-order valence-electron chi connectivity index (χ1n) is 25.3. The molecule has 4 aromatic heterocycles. The van der Waals surface area contributed by atoms with Gasteiger partial charge in [-0.05, 0) is 137 Å². The van der Waals surface area contributed by atoms with Crippen molar-refractivity contribution >= 4 is 57.1 Å². The molecule has 16 heteroatoms. The molecule has 0 saturated carbocycles. The second-order valence-corrected chi connectivity index (χ2v) is 21.3. The number of H-pyrrole nitrogens is 2. The van der Waals surface area contributed by atoms with Crippen molar-refractivity contribution in [2.24, 2.45) is 11.8 Å². The van der Waals surface area contributed by atoms with Gasteiger partial charge in [-0.15, -0.1) is 0 Å². The Morgan fingerprint density at radius 2 is 0.957 bits per heavy atom. The van der Waals surface area contributed by atoms with Crippen molar-refractivity contribution in [2.45, 2.75) is 50.7 Å². The number of nitrogens with one attached hydrogen (secondary N) is 2. The van der Waals surface area contributed by atoms with Gasteiger partial charge in [-0.1, -0.05) is 23.2 Å². The summed E-state index contributed by atoms with van der Waals surface area (Å²) in [6.07, 6.45) is 12.6. The minimum absolute atomic E-state index is 0.0868. The SMILES string of the molecule is CN1CCC(CN2CCN(C(=O)[C@@H]3Cc4cc(Cl)cc(-c5ccnc6[nH]ccc56)c4O3)CC2)CC1.CN1CCC(CN2CCN(C(=O)[C@H]3Cc4cc(Cl)cc(-c5ccnc6[nH]ccc56)c4O3)CC2)CC1. The van der Waals surface area contributed by atoms with Crippen LogP contribution >= 0.6 is 23.2 Å². The number of rotatable bonds is 8. The molecule has 70 heavy (non-hydrogen) atoms. The number of nitrogens with zero attached hydrogens (tertiary/aromatic N) is 8. The molecule has 2 amide bonds. The smallest absolute Gasteiger partial charge is 0.264 e. The molecule has 10 heterocycles. The number of likely N-dealkylation sites (tertiary alicyclic amines) is 2. The molecule has 6 aliphatic heterocycles. The Balaban J connectivity index is 0.000000152. The van der Waals surface area contributed by atoms with Gasteiger partial charge in [-0.2, -0.15) is 0 Å². The highest BCUT2D eigenvalue weighted by atomic mass is 35.5. The number of hydrogen-bond acceptors (Lipinski definition) is 10. The third-order valence-electron chi connectivity index (χ3n) is 15.7. The Hall–Kier alpha value is -5.22. The van der Waals surface area contributed by atoms with Crippen LogP contribution in [0, 0.1) is 11.8 Å². The maximum Gasteiger partial charge on any atom is 0.264 e. The van der Waals surface area contributed by atoms with E-state index in [0.717, 1.165) is 144 Å². The van der Waals surface area contributed by atoms with Crippen molar-refractivity contribution in [2.75, 3.05) is 106 Å². The Morgan fingerprint density at radius 3 is 1.36 bits per heavy atom. The third kappa shape index (κ3) is 10.0. The first-order chi connectivity index (χ1) is 34.1. The molecule has 4 fully saturated rings. The molecule has 2 atom stereocenters. The van der Waals surface area contributed by atoms with Crippen LogP contribution in [0.4, 0.5) is 0 Å². The predicted molar refractivity (Wildman–Crippen MR) is 276 cm³/mol. The zero-order chi connectivity index (χ0) is 47.9. The second kappa shape index (κ2) is 20.5. The maximum atomic E-state index is 13.4. The summed E-state index contributed by atoms with van der Waals surface area (Å²) < 4.78 is 12.7. The van der Waals surface area contributed by atoms with Gasteiger partial charge in [0, 0.05) is 146 Å². The number of fused-ring (bicyclic) bond motifs is 4. The zero-order valence-electron chi connectivity index (χ0n) is 40.3. The Bertz CT molecular complexity index is 2650. The number of carbonyl (C=O) groups excluding carboxylic acids is 2. The number of piperazine rings is 2. The largest absolute Gasteiger partial charge is 0.479 e. The number of piperidine rings is 2. The number of benzene rings is 2. The molecule has 368 valence electrons. The van der Waals surface area contributed by atoms with Gasteiger partial charge in [-0.25, -0.2) is 9.97 Å². The van der Waals surface area contributed by atoms with Crippen LogP contribution in [-0.2, 0) is 22.4 Å². The molecule has 0 bridgehead atoms. The lowest BCUT2D eigenvalue weighted by atomic mass is 9.96. The summed E-state index contributed by atoms with van der Waals surface area (Å²) in [5.41, 5.74) is 7.46. The lowest BCUT2D eigenvalue weighted by molar-refractivity contribution is -0.140. The minimum Gasteiger partial charge on any atom is -0.479 e. The zero-order valence-corrected chi connectivity index (χ0v) is 41.9. The molecular weight excluding hydrogens is 924 g/mol. The standard InChI is InChI=1S/2C27H32ClN5O2/c2*1-31-8-4-18(5-9-31)17-32-10-12-33(13-11-32)27(34)24-15-19-14-20(28)16-23(25(19)35-24)21-2-6-29-26-22(21)3-7-30-26/h2*2-3,6-7,14,16,18,24H,4-5,8-13,15,17H2,1H3,(H,29,30)/t2*24-/m10/s1. The van der Waals surface area contributed by atoms with Gasteiger partial charge in [0.05, 0.1) is 0 Å². The van der Waals surface area contributed by atoms with E-state index in [0.29, 0.717) is 22.9 Å². The molecule has 0 aliphatic carbocycles. The van der Waals surface area contributed by atoms with E-state index in [1.165, 1.54) is 51.9 Å². The van der Waals surface area contributed by atoms with Crippen LogP contribution in [-0.4, -0.2) is 179 Å². The van der Waals surface area contributed by atoms with E-state index in [-0.39, 0.29) is 11.8 Å².